The van der Waals surface area contributed by atoms with Crippen molar-refractivity contribution in [2.45, 2.75) is 32.4 Å². The van der Waals surface area contributed by atoms with Crippen LogP contribution in [0.3, 0.4) is 0 Å². The van der Waals surface area contributed by atoms with Crippen molar-refractivity contribution in [2.75, 3.05) is 19.7 Å². The number of ether oxygens (including phenoxy) is 1. The molecule has 0 aliphatic carbocycles. The number of carbonyl (C=O) groups is 1. The highest BCUT2D eigenvalue weighted by atomic mass is 19.2. The smallest absolute Gasteiger partial charge is 0.317 e. The number of halogens is 2. The van der Waals surface area contributed by atoms with Crippen molar-refractivity contribution in [3.8, 4) is 0 Å². The molecule has 1 fully saturated rings. The zero-order chi connectivity index (χ0) is 17.0. The Hall–Kier alpha value is -1.95. The van der Waals surface area contributed by atoms with Crippen LogP contribution in [0.1, 0.15) is 31.9 Å². The van der Waals surface area contributed by atoms with Crippen molar-refractivity contribution in [1.29, 1.82) is 0 Å². The molecule has 0 saturated carbocycles. The maximum atomic E-state index is 13.4. The number of benzene rings is 1. The number of likely N-dealkylation sites (N-methyl/N-ethyl adjacent to an activating group) is 1. The number of nitrogens with one attached hydrogen (secondary N) is 1. The molecular weight excluding hydrogens is 302 g/mol. The average Bonchev–Trinajstić information content (AvgIpc) is 2.95. The van der Waals surface area contributed by atoms with Crippen LogP contribution in [-0.2, 0) is 4.74 Å². The normalized spacial score (nSPS) is 20.3. The van der Waals surface area contributed by atoms with Crippen molar-refractivity contribution < 1.29 is 18.3 Å². The van der Waals surface area contributed by atoms with E-state index in [-0.39, 0.29) is 12.1 Å². The minimum atomic E-state index is -0.916. The van der Waals surface area contributed by atoms with Crippen LogP contribution in [0.5, 0.6) is 0 Å². The summed E-state index contributed by atoms with van der Waals surface area (Å²) in [6.45, 7) is 9.06. The molecule has 6 heteroatoms. The number of amides is 2. The molecular formula is C17H22F2N2O2. The van der Waals surface area contributed by atoms with Gasteiger partial charge in [0.25, 0.3) is 0 Å². The summed E-state index contributed by atoms with van der Waals surface area (Å²) in [7, 11) is 0. The Kier molecular flexibility index (Phi) is 5.71. The quantitative estimate of drug-likeness (QED) is 0.844. The second kappa shape index (κ2) is 7.55. The van der Waals surface area contributed by atoms with Gasteiger partial charge in [-0.3, -0.25) is 0 Å². The molecule has 23 heavy (non-hydrogen) atoms. The Labute approximate surface area is 135 Å². The number of nitrogens with zero attached hydrogens (tertiary/aromatic N) is 1. The second-order valence-corrected chi connectivity index (χ2v) is 5.78. The molecule has 0 bridgehead atoms. The molecule has 4 nitrogen and oxygen atoms in total. The van der Waals surface area contributed by atoms with E-state index >= 15 is 0 Å². The summed E-state index contributed by atoms with van der Waals surface area (Å²) in [5, 5.41) is 2.92. The summed E-state index contributed by atoms with van der Waals surface area (Å²) in [5.74, 6) is -1.81. The monoisotopic (exact) mass is 324 g/mol. The van der Waals surface area contributed by atoms with Gasteiger partial charge in [-0.2, -0.15) is 0 Å². The molecule has 1 aromatic rings. The van der Waals surface area contributed by atoms with Crippen LogP contribution in [0, 0.1) is 11.6 Å². The predicted molar refractivity (Wildman–Crippen MR) is 84.0 cm³/mol. The van der Waals surface area contributed by atoms with Crippen LogP contribution >= 0.6 is 0 Å². The number of hydrogen-bond acceptors (Lipinski definition) is 2. The van der Waals surface area contributed by atoms with Crippen LogP contribution in [0.2, 0.25) is 0 Å². The van der Waals surface area contributed by atoms with E-state index in [1.54, 1.807) is 4.90 Å². The van der Waals surface area contributed by atoms with Gasteiger partial charge in [-0.1, -0.05) is 18.2 Å². The highest BCUT2D eigenvalue weighted by Gasteiger charge is 2.32. The molecule has 0 spiro atoms. The Morgan fingerprint density at radius 1 is 1.43 bits per heavy atom. The van der Waals surface area contributed by atoms with Crippen molar-refractivity contribution in [2.24, 2.45) is 0 Å². The standard InChI is InChI=1S/C17H22F2N2O2/c1-4-21(10-11(2)3)17(22)20-15-7-8-23-16(15)12-5-6-13(18)14(19)9-12/h5-6,9,15-16H,2,4,7-8,10H2,1,3H3,(H,20,22)/t15-,16+/m0/s1. The first kappa shape index (κ1) is 17.4. The average molecular weight is 324 g/mol. The van der Waals surface area contributed by atoms with Gasteiger partial charge in [-0.05, 0) is 38.0 Å². The third-order valence-electron chi connectivity index (χ3n) is 3.80. The van der Waals surface area contributed by atoms with Crippen molar-refractivity contribution in [3.05, 3.63) is 47.5 Å². The number of carbonyl (C=O) groups excluding carboxylic acids is 1. The zero-order valence-electron chi connectivity index (χ0n) is 13.4. The van der Waals surface area contributed by atoms with Gasteiger partial charge >= 0.3 is 6.03 Å². The topological polar surface area (TPSA) is 41.6 Å². The van der Waals surface area contributed by atoms with Crippen molar-refractivity contribution in [1.82, 2.24) is 10.2 Å². The lowest BCUT2D eigenvalue weighted by atomic mass is 10.0. The van der Waals surface area contributed by atoms with E-state index in [2.05, 4.69) is 11.9 Å². The third-order valence-corrected chi connectivity index (χ3v) is 3.80. The molecule has 1 N–H and O–H groups in total. The first-order chi connectivity index (χ1) is 10.9. The Morgan fingerprint density at radius 2 is 2.17 bits per heavy atom. The predicted octanol–water partition coefficient (Wildman–Crippen LogP) is 3.40. The molecule has 1 saturated heterocycles. The fourth-order valence-corrected chi connectivity index (χ4v) is 2.66. The van der Waals surface area contributed by atoms with E-state index in [9.17, 15) is 13.6 Å². The molecule has 2 amide bonds. The summed E-state index contributed by atoms with van der Waals surface area (Å²) < 4.78 is 32.1. The van der Waals surface area contributed by atoms with Gasteiger partial charge in [0.05, 0.1) is 6.04 Å². The lowest BCUT2D eigenvalue weighted by molar-refractivity contribution is 0.0979. The van der Waals surface area contributed by atoms with Crippen molar-refractivity contribution >= 4 is 6.03 Å². The molecule has 1 heterocycles. The summed E-state index contributed by atoms with van der Waals surface area (Å²) in [5.41, 5.74) is 1.41. The SMILES string of the molecule is C=C(C)CN(CC)C(=O)N[C@H]1CCO[C@@H]1c1ccc(F)c(F)c1. The Bertz CT molecular complexity index is 592. The lowest BCUT2D eigenvalue weighted by Gasteiger charge is -2.26. The molecule has 1 aliphatic heterocycles. The maximum Gasteiger partial charge on any atom is 0.317 e. The van der Waals surface area contributed by atoms with Crippen LogP contribution in [0.4, 0.5) is 13.6 Å². The molecule has 126 valence electrons. The largest absolute Gasteiger partial charge is 0.371 e. The van der Waals surface area contributed by atoms with E-state index in [0.29, 0.717) is 31.7 Å². The lowest BCUT2D eigenvalue weighted by Crippen LogP contribution is -2.46. The molecule has 0 aromatic heterocycles. The highest BCUT2D eigenvalue weighted by molar-refractivity contribution is 5.75. The van der Waals surface area contributed by atoms with Crippen molar-refractivity contribution in [3.63, 3.8) is 0 Å². The van der Waals surface area contributed by atoms with E-state index in [1.807, 2.05) is 13.8 Å². The van der Waals surface area contributed by atoms with E-state index in [1.165, 1.54) is 6.07 Å². The maximum absolute atomic E-state index is 13.4. The minimum absolute atomic E-state index is 0.210. The number of hydrogen-bond donors (Lipinski definition) is 1. The van der Waals surface area contributed by atoms with Crippen LogP contribution in [-0.4, -0.2) is 36.7 Å². The third kappa shape index (κ3) is 4.28. The molecule has 0 unspecified atom stereocenters. The van der Waals surface area contributed by atoms with Gasteiger partial charge in [-0.25, -0.2) is 13.6 Å². The molecule has 1 aromatic carbocycles. The molecule has 2 rings (SSSR count). The molecule has 2 atom stereocenters. The van der Waals surface area contributed by atoms with Gasteiger partial charge in [0.2, 0.25) is 0 Å². The van der Waals surface area contributed by atoms with Crippen LogP contribution in [0.15, 0.2) is 30.4 Å². The molecule has 1 aliphatic rings. The summed E-state index contributed by atoms with van der Waals surface area (Å²) in [6, 6.07) is 3.20. The highest BCUT2D eigenvalue weighted by Crippen LogP contribution is 2.30. The fraction of sp³-hybridized carbons (Fsp3) is 0.471. The van der Waals surface area contributed by atoms with Gasteiger partial charge in [0.1, 0.15) is 6.10 Å². The zero-order valence-corrected chi connectivity index (χ0v) is 13.4. The van der Waals surface area contributed by atoms with Gasteiger partial charge in [0.15, 0.2) is 11.6 Å². The van der Waals surface area contributed by atoms with E-state index in [0.717, 1.165) is 17.7 Å². The minimum Gasteiger partial charge on any atom is -0.371 e. The summed E-state index contributed by atoms with van der Waals surface area (Å²) in [4.78, 5) is 14.0. The Morgan fingerprint density at radius 3 is 2.78 bits per heavy atom. The first-order valence-corrected chi connectivity index (χ1v) is 7.68. The van der Waals surface area contributed by atoms with E-state index in [4.69, 9.17) is 4.74 Å². The van der Waals surface area contributed by atoms with Crippen LogP contribution in [0.25, 0.3) is 0 Å². The fourth-order valence-electron chi connectivity index (χ4n) is 2.66. The van der Waals surface area contributed by atoms with E-state index < -0.39 is 17.7 Å². The summed E-state index contributed by atoms with van der Waals surface area (Å²) in [6.07, 6.45) is 0.151. The first-order valence-electron chi connectivity index (χ1n) is 7.68. The summed E-state index contributed by atoms with van der Waals surface area (Å²) >= 11 is 0. The Balaban J connectivity index is 2.07. The van der Waals surface area contributed by atoms with Gasteiger partial charge in [-0.15, -0.1) is 0 Å². The molecule has 0 radical (unpaired) electrons. The van der Waals surface area contributed by atoms with Gasteiger partial charge < -0.3 is 15.0 Å². The second-order valence-electron chi connectivity index (χ2n) is 5.78. The van der Waals surface area contributed by atoms with Crippen LogP contribution < -0.4 is 5.32 Å². The number of rotatable bonds is 5. The van der Waals surface area contributed by atoms with Gasteiger partial charge in [0, 0.05) is 19.7 Å². The number of urea groups is 1.